The number of hydrogen-bond donors (Lipinski definition) is 2. The second-order valence-electron chi connectivity index (χ2n) is 9.29. The van der Waals surface area contributed by atoms with Crippen LogP contribution in [0.15, 0.2) is 40.4 Å². The number of hydrogen-bond acceptors (Lipinski definition) is 5. The first kappa shape index (κ1) is 17.9. The molecule has 1 spiro atoms. The summed E-state index contributed by atoms with van der Waals surface area (Å²) in [6.45, 7) is 2.33. The summed E-state index contributed by atoms with van der Waals surface area (Å²) in [5, 5.41) is 0.514. The smallest absolute Gasteiger partial charge is 0.274 e. The first-order chi connectivity index (χ1) is 16.4. The summed E-state index contributed by atoms with van der Waals surface area (Å²) in [7, 11) is -3.85. The monoisotopic (exact) mass is 458 g/mol. The van der Waals surface area contributed by atoms with Crippen LogP contribution in [0.25, 0.3) is 22.0 Å². The second-order valence-corrected chi connectivity index (χ2v) is 11.0. The van der Waals surface area contributed by atoms with Crippen LogP contribution in [0.2, 0.25) is 0 Å². The molecule has 4 heterocycles. The van der Waals surface area contributed by atoms with Crippen LogP contribution in [0.5, 0.6) is 0 Å². The predicted molar refractivity (Wildman–Crippen MR) is 125 cm³/mol. The minimum atomic E-state index is -3.85. The van der Waals surface area contributed by atoms with Crippen molar-refractivity contribution in [2.45, 2.75) is 50.5 Å². The maximum Gasteiger partial charge on any atom is 0.274 e. The normalized spacial score (nSPS) is 19.8. The largest absolute Gasteiger partial charge is 0.357 e. The molecule has 0 radical (unpaired) electrons. The van der Waals surface area contributed by atoms with E-state index >= 15 is 0 Å². The molecule has 3 aromatic rings. The van der Waals surface area contributed by atoms with Crippen molar-refractivity contribution in [1.29, 1.82) is 0 Å². The molecule has 2 fully saturated rings. The zero-order chi connectivity index (χ0) is 25.2. The van der Waals surface area contributed by atoms with E-state index in [2.05, 4.69) is 19.6 Å². The number of nitrogens with zero attached hydrogens (tertiary/aromatic N) is 3. The molecule has 5 rings (SSSR count). The summed E-state index contributed by atoms with van der Waals surface area (Å²) in [5.41, 5.74) is 0.832. The second kappa shape index (κ2) is 7.45. The lowest BCUT2D eigenvalue weighted by atomic mass is 9.93. The van der Waals surface area contributed by atoms with Crippen molar-refractivity contribution in [2.24, 2.45) is 12.4 Å². The highest BCUT2D eigenvalue weighted by atomic mass is 32.2. The molecule has 2 N–H and O–H groups in total. The van der Waals surface area contributed by atoms with E-state index in [1.807, 2.05) is 0 Å². The van der Waals surface area contributed by atoms with E-state index in [9.17, 15) is 13.2 Å². The molecular weight excluding hydrogens is 426 g/mol. The van der Waals surface area contributed by atoms with Gasteiger partial charge in [-0.15, -0.1) is 0 Å². The van der Waals surface area contributed by atoms with Crippen LogP contribution < -0.4 is 15.2 Å². The Morgan fingerprint density at radius 1 is 1.22 bits per heavy atom. The van der Waals surface area contributed by atoms with Gasteiger partial charge in [-0.1, -0.05) is 0 Å². The van der Waals surface area contributed by atoms with Gasteiger partial charge in [-0.3, -0.25) is 4.79 Å². The molecule has 32 heavy (non-hydrogen) atoms. The van der Waals surface area contributed by atoms with Gasteiger partial charge in [0.15, 0.2) is 0 Å². The Labute approximate surface area is 191 Å². The maximum absolute atomic E-state index is 13.0. The van der Waals surface area contributed by atoms with Crippen LogP contribution in [-0.2, 0) is 17.0 Å². The molecule has 0 atom stereocenters. The fourth-order valence-electron chi connectivity index (χ4n) is 4.65. The summed E-state index contributed by atoms with van der Waals surface area (Å²) in [5.74, 6) is 0.585. The average Bonchev–Trinajstić information content (AvgIpc) is 3.33. The molecule has 0 bridgehead atoms. The maximum atomic E-state index is 13.0. The Kier molecular flexibility index (Phi) is 4.16. The highest BCUT2D eigenvalue weighted by Crippen LogP contribution is 2.54. The summed E-state index contributed by atoms with van der Waals surface area (Å²) in [6, 6.07) is 2.92. The lowest BCUT2D eigenvalue weighted by Gasteiger charge is -2.34. The van der Waals surface area contributed by atoms with E-state index in [4.69, 9.17) is 4.11 Å². The van der Waals surface area contributed by atoms with E-state index in [0.717, 1.165) is 25.9 Å². The predicted octanol–water partition coefficient (Wildman–Crippen LogP) is 3.00. The van der Waals surface area contributed by atoms with Crippen molar-refractivity contribution in [3.8, 4) is 11.1 Å². The number of aromatic nitrogens is 3. The topological polar surface area (TPSA) is 100 Å². The molecule has 3 aromatic heterocycles. The Bertz CT molecular complexity index is 1450. The van der Waals surface area contributed by atoms with Crippen molar-refractivity contribution in [3.05, 3.63) is 41.1 Å². The van der Waals surface area contributed by atoms with Crippen LogP contribution in [0.3, 0.4) is 0 Å². The molecule has 8 nitrogen and oxygen atoms in total. The Hall–Kier alpha value is -2.65. The van der Waals surface area contributed by atoms with Gasteiger partial charge in [0.25, 0.3) is 5.56 Å². The summed E-state index contributed by atoms with van der Waals surface area (Å²) in [6.07, 6.45) is 8.78. The molecule has 1 aliphatic carbocycles. The molecule has 170 valence electrons. The fraction of sp³-hybridized carbons (Fsp3) is 0.478. The number of sulfonamides is 1. The van der Waals surface area contributed by atoms with Crippen molar-refractivity contribution in [3.63, 3.8) is 0 Å². The molecule has 9 heteroatoms. The van der Waals surface area contributed by atoms with Gasteiger partial charge in [0.05, 0.1) is 0 Å². The van der Waals surface area contributed by atoms with E-state index in [1.54, 1.807) is 26.1 Å². The van der Waals surface area contributed by atoms with Gasteiger partial charge in [0, 0.05) is 65.3 Å². The number of H-pyrrole nitrogens is 1. The van der Waals surface area contributed by atoms with Gasteiger partial charge in [0.2, 0.25) is 10.0 Å². The van der Waals surface area contributed by atoms with Gasteiger partial charge in [-0.2, -0.15) is 0 Å². The number of aromatic amines is 1. The Morgan fingerprint density at radius 3 is 2.62 bits per heavy atom. The summed E-state index contributed by atoms with van der Waals surface area (Å²) < 4.78 is 52.9. The number of anilines is 1. The number of nitrogens with one attached hydrogen (secondary N) is 2. The van der Waals surface area contributed by atoms with E-state index in [-0.39, 0.29) is 16.5 Å². The quantitative estimate of drug-likeness (QED) is 0.612. The van der Waals surface area contributed by atoms with E-state index in [1.165, 1.54) is 31.3 Å². The van der Waals surface area contributed by atoms with Gasteiger partial charge < -0.3 is 14.5 Å². The van der Waals surface area contributed by atoms with Crippen molar-refractivity contribution < 1.29 is 12.5 Å². The van der Waals surface area contributed by atoms with E-state index in [0.29, 0.717) is 32.3 Å². The Morgan fingerprint density at radius 2 is 1.97 bits per heavy atom. The van der Waals surface area contributed by atoms with Gasteiger partial charge in [-0.25, -0.2) is 18.1 Å². The number of fused-ring (bicyclic) bond motifs is 1. The van der Waals surface area contributed by atoms with Gasteiger partial charge in [-0.05, 0) is 57.1 Å². The molecule has 1 aliphatic heterocycles. The van der Waals surface area contributed by atoms with Crippen LogP contribution in [0.4, 0.5) is 5.82 Å². The third kappa shape index (κ3) is 3.63. The number of pyridine rings is 2. The third-order valence-corrected chi connectivity index (χ3v) is 8.27. The van der Waals surface area contributed by atoms with Crippen molar-refractivity contribution >= 4 is 26.7 Å². The van der Waals surface area contributed by atoms with Crippen LogP contribution in [0, 0.1) is 5.41 Å². The van der Waals surface area contributed by atoms with Crippen molar-refractivity contribution in [2.75, 3.05) is 18.0 Å². The third-order valence-electron chi connectivity index (χ3n) is 6.64. The van der Waals surface area contributed by atoms with Crippen LogP contribution in [0.1, 0.15) is 43.6 Å². The summed E-state index contributed by atoms with van der Waals surface area (Å²) in [4.78, 5) is 22.4. The van der Waals surface area contributed by atoms with Gasteiger partial charge in [0.1, 0.15) is 16.2 Å². The summed E-state index contributed by atoms with van der Waals surface area (Å²) >= 11 is 0. The first-order valence-corrected chi connectivity index (χ1v) is 12.4. The molecule has 0 unspecified atom stereocenters. The molecule has 1 saturated heterocycles. The average molecular weight is 459 g/mol. The highest BCUT2D eigenvalue weighted by molar-refractivity contribution is 7.89. The van der Waals surface area contributed by atoms with Crippen LogP contribution in [-0.4, -0.2) is 42.1 Å². The Balaban J connectivity index is 1.72. The molecule has 0 aromatic carbocycles. The number of aryl methyl sites for hydroxylation is 1. The SMILES string of the molecule is [2H]C([2H])([2H])n1cc(-c2cc(S(=O)(=O)NC(C)C)cnc2N2CCC3(CC2)CC3)c2cc[nH]c2c1=O. The molecule has 0 amide bonds. The zero-order valence-corrected chi connectivity index (χ0v) is 19.0. The highest BCUT2D eigenvalue weighted by Gasteiger charge is 2.44. The van der Waals surface area contributed by atoms with Crippen molar-refractivity contribution in [1.82, 2.24) is 19.3 Å². The zero-order valence-electron chi connectivity index (χ0n) is 21.2. The minimum Gasteiger partial charge on any atom is -0.357 e. The van der Waals surface area contributed by atoms with Gasteiger partial charge >= 0.3 is 0 Å². The lowest BCUT2D eigenvalue weighted by molar-refractivity contribution is 0.383. The van der Waals surface area contributed by atoms with Crippen LogP contribution >= 0.6 is 0 Å². The lowest BCUT2D eigenvalue weighted by Crippen LogP contribution is -2.35. The molecule has 1 saturated carbocycles. The fourth-order valence-corrected chi connectivity index (χ4v) is 5.87. The standard InChI is InChI=1S/C23H29N5O3S/c1-15(2)26-32(30,31)16-12-18(19-14-27(3)22(29)20-17(19)4-9-24-20)21(25-13-16)28-10-7-23(5-6-23)8-11-28/h4,9,12-15,24,26H,5-8,10-11H2,1-3H3/i3D3. The number of piperidine rings is 1. The molecule has 2 aliphatic rings. The minimum absolute atomic E-state index is 0.0176. The molecular formula is C23H29N5O3S. The number of rotatable bonds is 5. The first-order valence-electron chi connectivity index (χ1n) is 12.4. The van der Waals surface area contributed by atoms with E-state index < -0.39 is 22.6 Å².